The first-order valence-electron chi connectivity index (χ1n) is 13.3. The largest absolute Gasteiger partial charge is 0.508 e. The molecular weight excluding hydrogens is 482 g/mol. The molecule has 6 rings (SSSR count). The van der Waals surface area contributed by atoms with E-state index < -0.39 is 6.04 Å². The topological polar surface area (TPSA) is 112 Å². The van der Waals surface area contributed by atoms with E-state index in [1.807, 2.05) is 29.8 Å². The van der Waals surface area contributed by atoms with E-state index >= 15 is 0 Å². The number of aromatic amines is 1. The number of aryl methyl sites for hydroxylation is 2. The van der Waals surface area contributed by atoms with Crippen molar-refractivity contribution in [3.05, 3.63) is 75.3 Å². The number of phenolic OH excluding ortho intramolecular Hbond substituents is 1. The highest BCUT2D eigenvalue weighted by Crippen LogP contribution is 2.30. The van der Waals surface area contributed by atoms with Gasteiger partial charge in [0.05, 0.1) is 18.2 Å². The third-order valence-electron chi connectivity index (χ3n) is 7.72. The Morgan fingerprint density at radius 2 is 1.89 bits per heavy atom. The molecular formula is C28H33N7O3. The van der Waals surface area contributed by atoms with Crippen LogP contribution in [0.3, 0.4) is 0 Å². The normalized spacial score (nSPS) is 19.3. The quantitative estimate of drug-likeness (QED) is 0.403. The molecule has 4 aromatic rings. The average Bonchev–Trinajstić information content (AvgIpc) is 3.59. The van der Waals surface area contributed by atoms with Crippen LogP contribution in [0.2, 0.25) is 0 Å². The van der Waals surface area contributed by atoms with Crippen molar-refractivity contribution in [3.63, 3.8) is 0 Å². The average molecular weight is 516 g/mol. The van der Waals surface area contributed by atoms with Gasteiger partial charge in [-0.1, -0.05) is 11.6 Å². The Morgan fingerprint density at radius 3 is 2.63 bits per heavy atom. The Morgan fingerprint density at radius 1 is 1.11 bits per heavy atom. The van der Waals surface area contributed by atoms with Gasteiger partial charge in [0.25, 0.3) is 5.56 Å². The maximum Gasteiger partial charge on any atom is 0.253 e. The summed E-state index contributed by atoms with van der Waals surface area (Å²) in [5.74, 6) is 0.916. The molecule has 2 aromatic carbocycles. The standard InChI is InChI=1S/C28H33N7O3/c1-18-14-19(2)25-20(15-18)16-24(28(37)29-25)26(27-30-31-32-35(27)17-23-4-3-13-38-23)34-11-9-33(10-12-34)21-5-7-22(36)8-6-21/h5-8,14-16,23,26,36H,3-4,9-13,17H2,1-2H3,(H,29,37)/t23-,26-/m1/s1. The van der Waals surface area contributed by atoms with Crippen LogP contribution in [0, 0.1) is 13.8 Å². The van der Waals surface area contributed by atoms with Gasteiger partial charge in [0.2, 0.25) is 0 Å². The minimum atomic E-state index is -0.401. The van der Waals surface area contributed by atoms with Gasteiger partial charge in [-0.05, 0) is 84.5 Å². The Bertz CT molecular complexity index is 1480. The van der Waals surface area contributed by atoms with Crippen molar-refractivity contribution in [3.8, 4) is 5.75 Å². The molecule has 2 saturated heterocycles. The smallest absolute Gasteiger partial charge is 0.253 e. The molecule has 2 aliphatic rings. The van der Waals surface area contributed by atoms with Crippen molar-refractivity contribution < 1.29 is 9.84 Å². The predicted molar refractivity (Wildman–Crippen MR) is 145 cm³/mol. The summed E-state index contributed by atoms with van der Waals surface area (Å²) < 4.78 is 7.69. The molecule has 2 fully saturated rings. The highest BCUT2D eigenvalue weighted by atomic mass is 16.5. The van der Waals surface area contributed by atoms with E-state index in [-0.39, 0.29) is 17.4 Å². The number of benzene rings is 2. The van der Waals surface area contributed by atoms with Gasteiger partial charge < -0.3 is 19.7 Å². The number of anilines is 1. The number of aromatic hydroxyl groups is 1. The van der Waals surface area contributed by atoms with Crippen LogP contribution in [-0.4, -0.2) is 74.1 Å². The van der Waals surface area contributed by atoms with Crippen molar-refractivity contribution in [2.75, 3.05) is 37.7 Å². The first-order valence-corrected chi connectivity index (χ1v) is 13.3. The summed E-state index contributed by atoms with van der Waals surface area (Å²) in [6.45, 7) is 8.41. The number of hydrogen-bond acceptors (Lipinski definition) is 8. The molecule has 38 heavy (non-hydrogen) atoms. The molecule has 0 aliphatic carbocycles. The maximum atomic E-state index is 13.6. The maximum absolute atomic E-state index is 13.6. The number of H-pyrrole nitrogens is 1. The lowest BCUT2D eigenvalue weighted by Gasteiger charge is -2.39. The third kappa shape index (κ3) is 4.77. The Labute approximate surface area is 220 Å². The highest BCUT2D eigenvalue weighted by Gasteiger charge is 2.33. The summed E-state index contributed by atoms with van der Waals surface area (Å²) >= 11 is 0. The van der Waals surface area contributed by atoms with E-state index in [9.17, 15) is 9.90 Å². The summed E-state index contributed by atoms with van der Waals surface area (Å²) in [5.41, 5.74) is 4.64. The molecule has 10 heteroatoms. The Kier molecular flexibility index (Phi) is 6.59. The summed E-state index contributed by atoms with van der Waals surface area (Å²) in [5, 5.41) is 23.5. The fraction of sp³-hybridized carbons (Fsp3) is 0.429. The van der Waals surface area contributed by atoms with Crippen molar-refractivity contribution in [1.82, 2.24) is 30.1 Å². The molecule has 2 aliphatic heterocycles. The molecule has 0 bridgehead atoms. The van der Waals surface area contributed by atoms with Gasteiger partial charge in [0.1, 0.15) is 11.8 Å². The van der Waals surface area contributed by atoms with Crippen LogP contribution >= 0.6 is 0 Å². The zero-order valence-corrected chi connectivity index (χ0v) is 21.8. The van der Waals surface area contributed by atoms with Crippen LogP contribution in [0.4, 0.5) is 5.69 Å². The van der Waals surface area contributed by atoms with E-state index in [4.69, 9.17) is 4.74 Å². The predicted octanol–water partition coefficient (Wildman–Crippen LogP) is 2.93. The molecule has 198 valence electrons. The molecule has 4 heterocycles. The molecule has 0 amide bonds. The summed E-state index contributed by atoms with van der Waals surface area (Å²) in [6, 6.07) is 13.1. The number of phenols is 1. The van der Waals surface area contributed by atoms with Crippen molar-refractivity contribution >= 4 is 16.6 Å². The number of nitrogens with one attached hydrogen (secondary N) is 1. The number of aromatic nitrogens is 5. The number of nitrogens with zero attached hydrogens (tertiary/aromatic N) is 6. The van der Waals surface area contributed by atoms with Gasteiger partial charge in [-0.15, -0.1) is 5.10 Å². The Hall–Kier alpha value is -3.76. The van der Waals surface area contributed by atoms with Crippen LogP contribution in [-0.2, 0) is 11.3 Å². The molecule has 10 nitrogen and oxygen atoms in total. The van der Waals surface area contributed by atoms with Crippen molar-refractivity contribution in [2.24, 2.45) is 0 Å². The van der Waals surface area contributed by atoms with Gasteiger partial charge >= 0.3 is 0 Å². The number of piperazine rings is 1. The van der Waals surface area contributed by atoms with E-state index in [0.29, 0.717) is 17.9 Å². The van der Waals surface area contributed by atoms with Gasteiger partial charge in [-0.3, -0.25) is 9.69 Å². The first kappa shape index (κ1) is 24.6. The van der Waals surface area contributed by atoms with Crippen LogP contribution < -0.4 is 10.5 Å². The fourth-order valence-corrected chi connectivity index (χ4v) is 5.83. The second-order valence-electron chi connectivity index (χ2n) is 10.4. The van der Waals surface area contributed by atoms with Gasteiger partial charge in [0.15, 0.2) is 5.82 Å². The number of fused-ring (bicyclic) bond motifs is 1. The highest BCUT2D eigenvalue weighted by molar-refractivity contribution is 5.83. The fourth-order valence-electron chi connectivity index (χ4n) is 5.83. The zero-order chi connectivity index (χ0) is 26.2. The van der Waals surface area contributed by atoms with E-state index in [1.165, 1.54) is 0 Å². The summed E-state index contributed by atoms with van der Waals surface area (Å²) in [7, 11) is 0. The van der Waals surface area contributed by atoms with Crippen LogP contribution in [0.15, 0.2) is 47.3 Å². The van der Waals surface area contributed by atoms with Crippen LogP contribution in [0.25, 0.3) is 10.9 Å². The molecule has 2 atom stereocenters. The minimum Gasteiger partial charge on any atom is -0.508 e. The van der Waals surface area contributed by atoms with Gasteiger partial charge in [0, 0.05) is 44.0 Å². The van der Waals surface area contributed by atoms with Gasteiger partial charge in [-0.25, -0.2) is 4.68 Å². The van der Waals surface area contributed by atoms with Crippen molar-refractivity contribution in [2.45, 2.75) is 45.4 Å². The molecule has 0 saturated carbocycles. The second kappa shape index (κ2) is 10.2. The summed E-state index contributed by atoms with van der Waals surface area (Å²) in [4.78, 5) is 21.3. The Balaban J connectivity index is 1.38. The SMILES string of the molecule is Cc1cc(C)c2[nH]c(=O)c([C@H](c3nnnn3C[C@H]3CCCO3)N3CCN(c4ccc(O)cc4)CC3)cc2c1. The zero-order valence-electron chi connectivity index (χ0n) is 21.8. The van der Waals surface area contributed by atoms with Crippen molar-refractivity contribution in [1.29, 1.82) is 0 Å². The van der Waals surface area contributed by atoms with E-state index in [2.05, 4.69) is 49.4 Å². The number of pyridine rings is 1. The molecule has 2 aromatic heterocycles. The van der Waals surface area contributed by atoms with Gasteiger partial charge in [-0.2, -0.15) is 0 Å². The lowest BCUT2D eigenvalue weighted by molar-refractivity contribution is 0.0906. The summed E-state index contributed by atoms with van der Waals surface area (Å²) in [6.07, 6.45) is 2.09. The number of rotatable bonds is 6. The molecule has 0 spiro atoms. The lowest BCUT2D eigenvalue weighted by atomic mass is 10.00. The number of ether oxygens (including phenoxy) is 1. The third-order valence-corrected chi connectivity index (χ3v) is 7.72. The van der Waals surface area contributed by atoms with E-state index in [0.717, 1.165) is 73.3 Å². The van der Waals surface area contributed by atoms with E-state index in [1.54, 1.807) is 12.1 Å². The second-order valence-corrected chi connectivity index (χ2v) is 10.4. The molecule has 0 radical (unpaired) electrons. The number of tetrazole rings is 1. The monoisotopic (exact) mass is 515 g/mol. The number of hydrogen-bond donors (Lipinski definition) is 2. The lowest BCUT2D eigenvalue weighted by Crippen LogP contribution is -2.49. The molecule has 0 unspecified atom stereocenters. The molecule has 2 N–H and O–H groups in total. The first-order chi connectivity index (χ1) is 18.5. The van der Waals surface area contributed by atoms with Crippen LogP contribution in [0.5, 0.6) is 5.75 Å². The minimum absolute atomic E-state index is 0.0735. The van der Waals surface area contributed by atoms with Crippen LogP contribution in [0.1, 0.15) is 41.4 Å².